The second-order valence-corrected chi connectivity index (χ2v) is 6.70. The normalized spacial score (nSPS) is 18.2. The van der Waals surface area contributed by atoms with Crippen molar-refractivity contribution in [2.24, 2.45) is 0 Å². The van der Waals surface area contributed by atoms with Crippen molar-refractivity contribution in [3.05, 3.63) is 59.4 Å². The van der Waals surface area contributed by atoms with Gasteiger partial charge in [0, 0.05) is 18.9 Å². The maximum absolute atomic E-state index is 12.9. The summed E-state index contributed by atoms with van der Waals surface area (Å²) in [5.74, 6) is -0.793. The molecule has 1 aliphatic heterocycles. The highest BCUT2D eigenvalue weighted by Crippen LogP contribution is 2.41. The van der Waals surface area contributed by atoms with E-state index < -0.39 is 17.7 Å². The van der Waals surface area contributed by atoms with E-state index in [9.17, 15) is 14.7 Å². The first-order valence-corrected chi connectivity index (χ1v) is 9.44. The number of methoxy groups -OCH3 is 2. The Kier molecular flexibility index (Phi) is 6.16. The first kappa shape index (κ1) is 20.4. The number of ether oxygens (including phenoxy) is 2. The molecule has 0 radical (unpaired) electrons. The van der Waals surface area contributed by atoms with Gasteiger partial charge in [0.05, 0.1) is 31.4 Å². The van der Waals surface area contributed by atoms with Crippen molar-refractivity contribution in [1.82, 2.24) is 9.88 Å². The molecule has 0 saturated carbocycles. The molecule has 7 nitrogen and oxygen atoms in total. The number of Topliss-reactive ketones (excluding diaryl/α,β-unsaturated/α-hetero) is 1. The molecule has 2 aromatic rings. The van der Waals surface area contributed by atoms with Crippen LogP contribution in [0.1, 0.15) is 36.9 Å². The molecule has 7 heteroatoms. The molecule has 1 unspecified atom stereocenters. The van der Waals surface area contributed by atoms with Crippen LogP contribution in [0, 0.1) is 0 Å². The third-order valence-electron chi connectivity index (χ3n) is 4.95. The lowest BCUT2D eigenvalue weighted by atomic mass is 9.96. The van der Waals surface area contributed by atoms with Crippen molar-refractivity contribution in [3.63, 3.8) is 0 Å². The molecule has 29 heavy (non-hydrogen) atoms. The van der Waals surface area contributed by atoms with E-state index in [4.69, 9.17) is 9.47 Å². The first-order valence-electron chi connectivity index (χ1n) is 9.44. The van der Waals surface area contributed by atoms with Crippen LogP contribution in [0.3, 0.4) is 0 Å². The average Bonchev–Trinajstić information content (AvgIpc) is 3.02. The quantitative estimate of drug-likeness (QED) is 0.439. The van der Waals surface area contributed by atoms with Gasteiger partial charge < -0.3 is 19.5 Å². The summed E-state index contributed by atoms with van der Waals surface area (Å²) in [5, 5.41) is 11.1. The van der Waals surface area contributed by atoms with Crippen LogP contribution in [-0.2, 0) is 9.59 Å². The molecule has 2 heterocycles. The Bertz CT molecular complexity index is 939. The summed E-state index contributed by atoms with van der Waals surface area (Å²) >= 11 is 0. The lowest BCUT2D eigenvalue weighted by Crippen LogP contribution is -2.30. The number of aliphatic hydroxyl groups is 1. The molecule has 1 aliphatic rings. The number of carbonyl (C=O) groups is 2. The topological polar surface area (TPSA) is 89.0 Å². The van der Waals surface area contributed by atoms with Crippen molar-refractivity contribution in [3.8, 4) is 11.5 Å². The van der Waals surface area contributed by atoms with Gasteiger partial charge in [0.15, 0.2) is 0 Å². The summed E-state index contributed by atoms with van der Waals surface area (Å²) in [6.07, 6.45) is 4.83. The summed E-state index contributed by atoms with van der Waals surface area (Å²) in [5.41, 5.74) is 0.964. The Morgan fingerprint density at radius 1 is 1.21 bits per heavy atom. The number of hydrogen-bond donors (Lipinski definition) is 1. The van der Waals surface area contributed by atoms with Crippen molar-refractivity contribution in [1.29, 1.82) is 0 Å². The Morgan fingerprint density at radius 3 is 2.62 bits per heavy atom. The summed E-state index contributed by atoms with van der Waals surface area (Å²) in [6, 6.07) is 7.72. The number of carbonyl (C=O) groups excluding carboxylic acids is 2. The van der Waals surface area contributed by atoms with Crippen LogP contribution >= 0.6 is 0 Å². The third-order valence-corrected chi connectivity index (χ3v) is 4.95. The minimum atomic E-state index is -0.725. The summed E-state index contributed by atoms with van der Waals surface area (Å²) in [4.78, 5) is 31.3. The Morgan fingerprint density at radius 2 is 2.00 bits per heavy atom. The van der Waals surface area contributed by atoms with E-state index in [1.165, 1.54) is 19.1 Å². The highest BCUT2D eigenvalue weighted by molar-refractivity contribution is 6.46. The summed E-state index contributed by atoms with van der Waals surface area (Å²) < 4.78 is 10.6. The molecule has 1 saturated heterocycles. The molecule has 3 rings (SSSR count). The fraction of sp³-hybridized carbons (Fsp3) is 0.318. The Labute approximate surface area is 169 Å². The van der Waals surface area contributed by atoms with E-state index in [1.807, 2.05) is 6.92 Å². The molecule has 1 N–H and O–H groups in total. The second-order valence-electron chi connectivity index (χ2n) is 6.70. The van der Waals surface area contributed by atoms with Crippen molar-refractivity contribution < 1.29 is 24.2 Å². The van der Waals surface area contributed by atoms with Crippen LogP contribution in [0.5, 0.6) is 11.5 Å². The number of aliphatic hydroxyl groups excluding tert-OH is 1. The molecule has 0 spiro atoms. The zero-order chi connectivity index (χ0) is 21.0. The number of amides is 1. The van der Waals surface area contributed by atoms with Crippen LogP contribution in [-0.4, -0.2) is 47.4 Å². The number of ketones is 1. The lowest BCUT2D eigenvalue weighted by Gasteiger charge is -2.25. The van der Waals surface area contributed by atoms with Gasteiger partial charge in [-0.15, -0.1) is 0 Å². The molecule has 0 bridgehead atoms. The van der Waals surface area contributed by atoms with Gasteiger partial charge in [-0.2, -0.15) is 0 Å². The maximum Gasteiger partial charge on any atom is 0.295 e. The number of benzene rings is 1. The van der Waals surface area contributed by atoms with Crippen LogP contribution in [0.4, 0.5) is 0 Å². The number of rotatable bonds is 7. The highest BCUT2D eigenvalue weighted by atomic mass is 16.5. The van der Waals surface area contributed by atoms with Crippen molar-refractivity contribution in [2.75, 3.05) is 20.8 Å². The van der Waals surface area contributed by atoms with Gasteiger partial charge in [-0.3, -0.25) is 14.6 Å². The minimum Gasteiger partial charge on any atom is -0.507 e. The monoisotopic (exact) mass is 396 g/mol. The third kappa shape index (κ3) is 3.81. The average molecular weight is 396 g/mol. The number of aromatic nitrogens is 1. The fourth-order valence-corrected chi connectivity index (χ4v) is 3.47. The largest absolute Gasteiger partial charge is 0.507 e. The van der Waals surface area contributed by atoms with Gasteiger partial charge in [0.25, 0.3) is 11.7 Å². The van der Waals surface area contributed by atoms with E-state index in [1.54, 1.807) is 42.7 Å². The van der Waals surface area contributed by atoms with E-state index in [0.717, 1.165) is 12.8 Å². The van der Waals surface area contributed by atoms with Crippen LogP contribution in [0.2, 0.25) is 0 Å². The van der Waals surface area contributed by atoms with Crippen LogP contribution < -0.4 is 9.47 Å². The Hall–Kier alpha value is -3.35. The lowest BCUT2D eigenvalue weighted by molar-refractivity contribution is -0.139. The number of hydrogen-bond acceptors (Lipinski definition) is 6. The minimum absolute atomic E-state index is 0.0191. The van der Waals surface area contributed by atoms with Gasteiger partial charge in [-0.1, -0.05) is 19.4 Å². The van der Waals surface area contributed by atoms with E-state index >= 15 is 0 Å². The van der Waals surface area contributed by atoms with Gasteiger partial charge in [0.2, 0.25) is 0 Å². The Balaban J connectivity index is 2.21. The molecular weight excluding hydrogens is 372 g/mol. The number of unbranched alkanes of at least 4 members (excludes halogenated alkanes) is 1. The number of nitrogens with zero attached hydrogens (tertiary/aromatic N) is 2. The number of likely N-dealkylation sites (tertiary alicyclic amines) is 1. The van der Waals surface area contributed by atoms with E-state index in [0.29, 0.717) is 23.6 Å². The van der Waals surface area contributed by atoms with Crippen molar-refractivity contribution >= 4 is 17.4 Å². The fourth-order valence-electron chi connectivity index (χ4n) is 3.47. The second kappa shape index (κ2) is 8.77. The predicted molar refractivity (Wildman–Crippen MR) is 108 cm³/mol. The van der Waals surface area contributed by atoms with E-state index in [2.05, 4.69) is 4.98 Å². The highest BCUT2D eigenvalue weighted by Gasteiger charge is 2.46. The van der Waals surface area contributed by atoms with Crippen LogP contribution in [0.15, 0.2) is 48.3 Å². The zero-order valence-corrected chi connectivity index (χ0v) is 16.7. The maximum atomic E-state index is 12.9. The van der Waals surface area contributed by atoms with Crippen molar-refractivity contribution in [2.45, 2.75) is 25.8 Å². The molecule has 152 valence electrons. The molecule has 1 aromatic heterocycles. The standard InChI is InChI=1S/C22H24N2O5/c1-4-5-11-24-19(14-7-6-10-23-13-14)18(21(26)22(24)27)20(25)16-12-15(28-2)8-9-17(16)29-3/h6-10,12-13,19,25H,4-5,11H2,1-3H3/b20-18+. The molecule has 0 aliphatic carbocycles. The van der Waals surface area contributed by atoms with E-state index in [-0.39, 0.29) is 16.9 Å². The first-order chi connectivity index (χ1) is 14.0. The van der Waals surface area contributed by atoms with Gasteiger partial charge >= 0.3 is 0 Å². The van der Waals surface area contributed by atoms with Gasteiger partial charge in [-0.05, 0) is 36.2 Å². The van der Waals surface area contributed by atoms with Crippen LogP contribution in [0.25, 0.3) is 5.76 Å². The number of pyridine rings is 1. The molecule has 1 aromatic carbocycles. The van der Waals surface area contributed by atoms with Gasteiger partial charge in [-0.25, -0.2) is 0 Å². The molecule has 1 fully saturated rings. The summed E-state index contributed by atoms with van der Waals surface area (Å²) in [7, 11) is 2.97. The molecular formula is C22H24N2O5. The van der Waals surface area contributed by atoms with Gasteiger partial charge in [0.1, 0.15) is 17.3 Å². The predicted octanol–water partition coefficient (Wildman–Crippen LogP) is 3.32. The smallest absolute Gasteiger partial charge is 0.295 e. The zero-order valence-electron chi connectivity index (χ0n) is 16.7. The molecule has 1 atom stereocenters. The SMILES string of the molecule is CCCCN1C(=O)C(=O)/C(=C(/O)c2cc(OC)ccc2OC)C1c1cccnc1. The summed E-state index contributed by atoms with van der Waals surface area (Å²) in [6.45, 7) is 2.42. The molecule has 1 amide bonds.